The van der Waals surface area contributed by atoms with E-state index in [4.69, 9.17) is 21.9 Å². The number of carbonyl (C=O) groups is 1. The van der Waals surface area contributed by atoms with Crippen LogP contribution in [-0.4, -0.2) is 27.2 Å². The van der Waals surface area contributed by atoms with Crippen LogP contribution in [0.5, 0.6) is 5.75 Å². The summed E-state index contributed by atoms with van der Waals surface area (Å²) >= 11 is 5.97. The van der Waals surface area contributed by atoms with Crippen molar-refractivity contribution in [2.24, 2.45) is 0 Å². The Morgan fingerprint density at radius 1 is 0.932 bits per heavy atom. The highest BCUT2D eigenvalue weighted by Crippen LogP contribution is 2.44. The third-order valence-electron chi connectivity index (χ3n) is 8.25. The van der Waals surface area contributed by atoms with Crippen molar-refractivity contribution in [2.75, 3.05) is 16.8 Å². The quantitative estimate of drug-likeness (QED) is 0.182. The minimum Gasteiger partial charge on any atom is -0.484 e. The molecule has 6 rings (SSSR count). The molecule has 7 nitrogen and oxygen atoms in total. The Morgan fingerprint density at radius 3 is 2.41 bits per heavy atom. The number of hydrogen-bond acceptors (Lipinski definition) is 4. The highest BCUT2D eigenvalue weighted by Gasteiger charge is 2.42. The highest BCUT2D eigenvalue weighted by atomic mass is 32.1. The van der Waals surface area contributed by atoms with Gasteiger partial charge in [-0.25, -0.2) is 0 Å². The van der Waals surface area contributed by atoms with Gasteiger partial charge in [0.15, 0.2) is 11.7 Å². The van der Waals surface area contributed by atoms with Crippen LogP contribution in [0, 0.1) is 27.7 Å². The van der Waals surface area contributed by atoms with Gasteiger partial charge in [-0.05, 0) is 117 Å². The normalized spacial score (nSPS) is 16.1. The number of aryl methyl sites for hydroxylation is 2. The lowest BCUT2D eigenvalue weighted by Gasteiger charge is -2.28. The zero-order chi connectivity index (χ0) is 30.8. The van der Waals surface area contributed by atoms with Gasteiger partial charge in [-0.3, -0.25) is 9.78 Å². The molecule has 5 aromatic rings. The number of thiocarbonyl (C=S) groups is 1. The molecule has 1 aliphatic heterocycles. The van der Waals surface area contributed by atoms with Crippen molar-refractivity contribution in [3.63, 3.8) is 0 Å². The number of nitrogens with zero attached hydrogens (tertiary/aromatic N) is 3. The summed E-state index contributed by atoms with van der Waals surface area (Å²) in [6.45, 7) is 8.57. The summed E-state index contributed by atoms with van der Waals surface area (Å²) in [5, 5.41) is 7.10. The maximum Gasteiger partial charge on any atom is 0.262 e. The first-order valence-corrected chi connectivity index (χ1v) is 15.1. The third-order valence-corrected chi connectivity index (χ3v) is 8.56. The van der Waals surface area contributed by atoms with Crippen molar-refractivity contribution < 1.29 is 9.53 Å². The molecule has 0 radical (unpaired) electrons. The summed E-state index contributed by atoms with van der Waals surface area (Å²) in [5.41, 5.74) is 9.68. The molecule has 1 fully saturated rings. The van der Waals surface area contributed by atoms with Gasteiger partial charge < -0.3 is 24.8 Å². The Kier molecular flexibility index (Phi) is 8.17. The predicted molar refractivity (Wildman–Crippen MR) is 180 cm³/mol. The molecule has 1 aliphatic rings. The van der Waals surface area contributed by atoms with Crippen LogP contribution in [0.1, 0.15) is 45.9 Å². The molecular formula is C36H35N5O2S. The van der Waals surface area contributed by atoms with Gasteiger partial charge in [0, 0.05) is 34.6 Å². The van der Waals surface area contributed by atoms with E-state index in [-0.39, 0.29) is 24.6 Å². The highest BCUT2D eigenvalue weighted by molar-refractivity contribution is 7.80. The fourth-order valence-electron chi connectivity index (χ4n) is 5.95. The number of amides is 1. The van der Waals surface area contributed by atoms with E-state index >= 15 is 0 Å². The largest absolute Gasteiger partial charge is 0.484 e. The van der Waals surface area contributed by atoms with Gasteiger partial charge in [-0.15, -0.1) is 0 Å². The minimum absolute atomic E-state index is 0.0737. The Hall–Kier alpha value is -4.95. The van der Waals surface area contributed by atoms with Crippen LogP contribution in [0.2, 0.25) is 0 Å². The van der Waals surface area contributed by atoms with Crippen molar-refractivity contribution in [3.8, 4) is 11.4 Å². The van der Waals surface area contributed by atoms with Gasteiger partial charge in [0.25, 0.3) is 5.91 Å². The van der Waals surface area contributed by atoms with E-state index in [2.05, 4.69) is 72.1 Å². The van der Waals surface area contributed by atoms with E-state index in [1.54, 1.807) is 0 Å². The minimum atomic E-state index is -0.230. The van der Waals surface area contributed by atoms with E-state index in [0.717, 1.165) is 22.8 Å². The van der Waals surface area contributed by atoms with Crippen LogP contribution in [0.4, 0.5) is 11.4 Å². The Labute approximate surface area is 263 Å². The van der Waals surface area contributed by atoms with Crippen molar-refractivity contribution in [1.29, 1.82) is 0 Å². The monoisotopic (exact) mass is 601 g/mol. The summed E-state index contributed by atoms with van der Waals surface area (Å²) in [5.74, 6) is 0.422. The average Bonchev–Trinajstić information content (AvgIpc) is 3.53. The predicted octanol–water partition coefficient (Wildman–Crippen LogP) is 7.30. The molecular weight excluding hydrogens is 566 g/mol. The smallest absolute Gasteiger partial charge is 0.262 e. The number of rotatable bonds is 8. The fraction of sp³-hybridized carbons (Fsp3) is 0.194. The number of anilines is 2. The Morgan fingerprint density at radius 2 is 1.68 bits per heavy atom. The number of hydrogen-bond donors (Lipinski definition) is 2. The maximum atomic E-state index is 12.6. The Balaban J connectivity index is 1.32. The first kappa shape index (κ1) is 29.1. The average molecular weight is 602 g/mol. The zero-order valence-corrected chi connectivity index (χ0v) is 26.1. The lowest BCUT2D eigenvalue weighted by Crippen LogP contribution is -2.29. The molecule has 44 heavy (non-hydrogen) atoms. The van der Waals surface area contributed by atoms with Crippen molar-refractivity contribution in [2.45, 2.75) is 39.8 Å². The van der Waals surface area contributed by atoms with Crippen LogP contribution in [0.25, 0.3) is 5.69 Å². The molecule has 0 saturated carbocycles. The summed E-state index contributed by atoms with van der Waals surface area (Å²) in [7, 11) is 0. The summed E-state index contributed by atoms with van der Waals surface area (Å²) in [6.07, 6.45) is 1.82. The second-order valence-electron chi connectivity index (χ2n) is 11.1. The summed E-state index contributed by atoms with van der Waals surface area (Å²) in [6, 6.07) is 31.4. The number of nitrogens with one attached hydrogen (secondary N) is 2. The molecule has 2 aromatic heterocycles. The molecule has 3 heterocycles. The fourth-order valence-corrected chi connectivity index (χ4v) is 6.30. The van der Waals surface area contributed by atoms with E-state index < -0.39 is 0 Å². The van der Waals surface area contributed by atoms with E-state index in [9.17, 15) is 4.79 Å². The number of ether oxygens (including phenoxy) is 1. The van der Waals surface area contributed by atoms with Gasteiger partial charge in [0.1, 0.15) is 5.75 Å². The Bertz CT molecular complexity index is 1800. The van der Waals surface area contributed by atoms with Crippen LogP contribution in [0.3, 0.4) is 0 Å². The van der Waals surface area contributed by atoms with Crippen molar-refractivity contribution in [1.82, 2.24) is 14.9 Å². The molecule has 0 spiro atoms. The van der Waals surface area contributed by atoms with Gasteiger partial charge in [0.05, 0.1) is 17.8 Å². The molecule has 222 valence electrons. The van der Waals surface area contributed by atoms with Crippen molar-refractivity contribution in [3.05, 3.63) is 137 Å². The van der Waals surface area contributed by atoms with Gasteiger partial charge >= 0.3 is 0 Å². The van der Waals surface area contributed by atoms with E-state index in [1.807, 2.05) is 79.0 Å². The molecule has 1 saturated heterocycles. The summed E-state index contributed by atoms with van der Waals surface area (Å²) < 4.78 is 7.93. The molecule has 0 bridgehead atoms. The molecule has 1 amide bonds. The van der Waals surface area contributed by atoms with E-state index in [0.29, 0.717) is 16.5 Å². The number of carbonyl (C=O) groups excluding carboxylic acids is 1. The topological polar surface area (TPSA) is 71.4 Å². The van der Waals surface area contributed by atoms with Crippen molar-refractivity contribution >= 4 is 34.6 Å². The number of pyridine rings is 1. The second kappa shape index (κ2) is 12.3. The molecule has 0 aliphatic carbocycles. The second-order valence-corrected chi connectivity index (χ2v) is 11.5. The molecule has 8 heteroatoms. The lowest BCUT2D eigenvalue weighted by molar-refractivity contribution is -0.118. The molecule has 0 unspecified atom stereocenters. The molecule has 2 N–H and O–H groups in total. The zero-order valence-electron chi connectivity index (χ0n) is 25.2. The van der Waals surface area contributed by atoms with Crippen LogP contribution in [-0.2, 0) is 4.79 Å². The number of para-hydroxylation sites is 1. The molecule has 3 aromatic carbocycles. The molecule has 2 atom stereocenters. The number of aromatic nitrogens is 2. The maximum absolute atomic E-state index is 12.6. The number of benzene rings is 3. The van der Waals surface area contributed by atoms with E-state index in [1.165, 1.54) is 22.4 Å². The van der Waals surface area contributed by atoms with Crippen LogP contribution in [0.15, 0.2) is 103 Å². The standard InChI is InChI=1S/C36H35N5O2S/c1-23-11-10-15-32(25(23)3)40-24(2)21-30(26(40)4)35-34(31-14-8-9-20-37-31)39-36(44)41(35)28-18-16-27(17-19-28)38-33(42)22-43-29-12-6-5-7-13-29/h5-21,34-35H,22H2,1-4H3,(H,38,42)(H,39,44)/t34-,35-/m1/s1. The first-order chi connectivity index (χ1) is 21.3. The summed E-state index contributed by atoms with van der Waals surface area (Å²) in [4.78, 5) is 19.4. The SMILES string of the molecule is Cc1cccc(-n2c(C)cc([C@@H]3[C@@H](c4ccccn4)NC(=S)N3c3ccc(NC(=O)COc4ccccc4)cc3)c2C)c1C. The van der Waals surface area contributed by atoms with Crippen LogP contribution < -0.4 is 20.3 Å². The van der Waals surface area contributed by atoms with Crippen LogP contribution >= 0.6 is 12.2 Å². The first-order valence-electron chi connectivity index (χ1n) is 14.7. The van der Waals surface area contributed by atoms with Gasteiger partial charge in [0.2, 0.25) is 0 Å². The van der Waals surface area contributed by atoms with Gasteiger partial charge in [-0.2, -0.15) is 0 Å². The lowest BCUT2D eigenvalue weighted by atomic mass is 9.96. The van der Waals surface area contributed by atoms with Gasteiger partial charge in [-0.1, -0.05) is 36.4 Å². The third kappa shape index (κ3) is 5.68.